The van der Waals surface area contributed by atoms with Crippen molar-refractivity contribution < 1.29 is 28.6 Å². The molecular weight excluding hydrogens is 1010 g/mol. The summed E-state index contributed by atoms with van der Waals surface area (Å²) in [5.74, 6) is -0.926. The molecule has 0 rings (SSSR count). The lowest BCUT2D eigenvalue weighted by Gasteiger charge is -2.18. The molecule has 0 amide bonds. The maximum Gasteiger partial charge on any atom is 0.306 e. The number of carbonyl (C=O) groups is 3. The monoisotopic (exact) mass is 1140 g/mol. The molecule has 1 atom stereocenters. The Labute approximate surface area is 508 Å². The molecule has 0 radical (unpaired) electrons. The van der Waals surface area contributed by atoms with Crippen LogP contribution in [-0.4, -0.2) is 37.2 Å². The van der Waals surface area contributed by atoms with Gasteiger partial charge in [0.05, 0.1) is 0 Å². The largest absolute Gasteiger partial charge is 0.462 e. The minimum atomic E-state index is -0.804. The third kappa shape index (κ3) is 66.9. The highest BCUT2D eigenvalue weighted by molar-refractivity contribution is 5.71. The predicted octanol–water partition coefficient (Wildman–Crippen LogP) is 24.2. The predicted molar refractivity (Wildman–Crippen MR) is 357 cm³/mol. The summed E-state index contributed by atoms with van der Waals surface area (Å²) in [6.45, 7) is 6.52. The molecule has 0 fully saturated rings. The molecule has 0 spiro atoms. The highest BCUT2D eigenvalue weighted by Gasteiger charge is 2.19. The molecule has 0 aromatic rings. The van der Waals surface area contributed by atoms with Gasteiger partial charge in [0.15, 0.2) is 6.10 Å². The molecule has 0 aliphatic carbocycles. The Balaban J connectivity index is 4.40. The summed E-state index contributed by atoms with van der Waals surface area (Å²) in [5.41, 5.74) is 0. The quantitative estimate of drug-likeness (QED) is 0.0261. The highest BCUT2D eigenvalue weighted by atomic mass is 16.6. The van der Waals surface area contributed by atoms with Crippen LogP contribution in [0, 0.1) is 0 Å². The summed E-state index contributed by atoms with van der Waals surface area (Å²) >= 11 is 0. The summed E-state index contributed by atoms with van der Waals surface area (Å²) in [7, 11) is 0. The number of ether oxygens (including phenoxy) is 3. The van der Waals surface area contributed by atoms with Gasteiger partial charge in [-0.15, -0.1) is 0 Å². The van der Waals surface area contributed by atoms with Crippen molar-refractivity contribution in [2.24, 2.45) is 0 Å². The number of esters is 3. The molecule has 0 aliphatic heterocycles. The van der Waals surface area contributed by atoms with Gasteiger partial charge in [-0.2, -0.15) is 0 Å². The fourth-order valence-corrected chi connectivity index (χ4v) is 9.81. The fraction of sp³-hybridized carbons (Fsp3) is 0.724. The van der Waals surface area contributed by atoms with Crippen molar-refractivity contribution >= 4 is 17.9 Å². The van der Waals surface area contributed by atoms with Crippen LogP contribution in [0.4, 0.5) is 0 Å². The zero-order valence-corrected chi connectivity index (χ0v) is 54.0. The van der Waals surface area contributed by atoms with Gasteiger partial charge in [-0.1, -0.05) is 316 Å². The third-order valence-corrected chi connectivity index (χ3v) is 15.0. The van der Waals surface area contributed by atoms with Crippen molar-refractivity contribution in [2.45, 2.75) is 341 Å². The van der Waals surface area contributed by atoms with E-state index in [1.165, 1.54) is 186 Å². The van der Waals surface area contributed by atoms with Gasteiger partial charge in [0.25, 0.3) is 0 Å². The fourth-order valence-electron chi connectivity index (χ4n) is 9.81. The molecule has 0 aromatic heterocycles. The van der Waals surface area contributed by atoms with E-state index in [2.05, 4.69) is 130 Å². The molecule has 0 N–H and O–H groups in total. The SMILES string of the molecule is CC/C=C\C/C=C\C/C=C\C/C=C\C/C=C\C/C=C\CCCCC(=O)OC(COC(=O)CCCCCCCCCCCCCC/C=C\C/C=C\C/C=C\CCCCCCC)COC(=O)CCCCCCCCCCCCCCCCCC. The lowest BCUT2D eigenvalue weighted by Crippen LogP contribution is -2.30. The zero-order valence-electron chi connectivity index (χ0n) is 54.0. The number of rotatable bonds is 63. The van der Waals surface area contributed by atoms with Gasteiger partial charge >= 0.3 is 17.9 Å². The average Bonchev–Trinajstić information content (AvgIpc) is 3.47. The molecule has 6 heteroatoms. The lowest BCUT2D eigenvalue weighted by atomic mass is 10.0. The first-order valence-electron chi connectivity index (χ1n) is 34.9. The number of allylic oxidation sites excluding steroid dienone is 18. The third-order valence-electron chi connectivity index (χ3n) is 15.0. The van der Waals surface area contributed by atoms with Gasteiger partial charge in [-0.3, -0.25) is 14.4 Å². The Kier molecular flexibility index (Phi) is 66.2. The second-order valence-electron chi connectivity index (χ2n) is 23.1. The second kappa shape index (κ2) is 69.6. The van der Waals surface area contributed by atoms with E-state index >= 15 is 0 Å². The van der Waals surface area contributed by atoms with Crippen LogP contribution >= 0.6 is 0 Å². The Hall–Kier alpha value is -3.93. The molecule has 470 valence electrons. The second-order valence-corrected chi connectivity index (χ2v) is 23.1. The van der Waals surface area contributed by atoms with Crippen molar-refractivity contribution in [3.8, 4) is 0 Å². The molecular formula is C76H130O6. The van der Waals surface area contributed by atoms with E-state index in [-0.39, 0.29) is 37.5 Å². The summed E-state index contributed by atoms with van der Waals surface area (Å²) in [6, 6.07) is 0. The van der Waals surface area contributed by atoms with Crippen LogP contribution in [0.1, 0.15) is 335 Å². The van der Waals surface area contributed by atoms with Crippen molar-refractivity contribution in [1.82, 2.24) is 0 Å². The first-order valence-corrected chi connectivity index (χ1v) is 34.9. The van der Waals surface area contributed by atoms with Crippen LogP contribution in [0.15, 0.2) is 109 Å². The van der Waals surface area contributed by atoms with Crippen LogP contribution in [0.2, 0.25) is 0 Å². The maximum absolute atomic E-state index is 12.9. The number of hydrogen-bond donors (Lipinski definition) is 0. The van der Waals surface area contributed by atoms with E-state index in [0.717, 1.165) is 103 Å². The zero-order chi connectivity index (χ0) is 59.2. The van der Waals surface area contributed by atoms with Crippen molar-refractivity contribution in [2.75, 3.05) is 13.2 Å². The van der Waals surface area contributed by atoms with Gasteiger partial charge in [-0.05, 0) is 109 Å². The first-order chi connectivity index (χ1) is 40.5. The topological polar surface area (TPSA) is 78.9 Å². The van der Waals surface area contributed by atoms with E-state index in [1.54, 1.807) is 0 Å². The normalized spacial score (nSPS) is 12.8. The van der Waals surface area contributed by atoms with Crippen molar-refractivity contribution in [1.29, 1.82) is 0 Å². The first kappa shape index (κ1) is 78.1. The van der Waals surface area contributed by atoms with E-state index in [1.807, 2.05) is 0 Å². The van der Waals surface area contributed by atoms with Crippen LogP contribution in [-0.2, 0) is 28.6 Å². The molecule has 0 saturated heterocycles. The highest BCUT2D eigenvalue weighted by Crippen LogP contribution is 2.17. The van der Waals surface area contributed by atoms with Gasteiger partial charge in [0.2, 0.25) is 0 Å². The number of hydrogen-bond acceptors (Lipinski definition) is 6. The van der Waals surface area contributed by atoms with Gasteiger partial charge in [-0.25, -0.2) is 0 Å². The molecule has 6 nitrogen and oxygen atoms in total. The Morgan fingerprint density at radius 3 is 0.768 bits per heavy atom. The molecule has 0 aromatic carbocycles. The minimum Gasteiger partial charge on any atom is -0.462 e. The van der Waals surface area contributed by atoms with Crippen molar-refractivity contribution in [3.05, 3.63) is 109 Å². The number of carbonyl (C=O) groups excluding carboxylic acids is 3. The summed E-state index contributed by atoms with van der Waals surface area (Å²) in [6.07, 6.45) is 95.4. The Morgan fingerprint density at radius 2 is 0.476 bits per heavy atom. The Bertz CT molecular complexity index is 1640. The van der Waals surface area contributed by atoms with Crippen LogP contribution in [0.5, 0.6) is 0 Å². The molecule has 0 bridgehead atoms. The van der Waals surface area contributed by atoms with Gasteiger partial charge < -0.3 is 14.2 Å². The Morgan fingerprint density at radius 1 is 0.256 bits per heavy atom. The number of unbranched alkanes of at least 4 members (excludes halogenated alkanes) is 34. The standard InChI is InChI=1S/C76H130O6/c1-4-7-10-13-16-19-22-25-28-31-33-35-36-37-38-39-40-42-43-45-48-51-54-57-60-63-66-69-75(78)81-72-73(71-80-74(77)68-65-62-59-56-53-50-47-30-27-24-21-18-15-12-9-6-3)82-76(79)70-67-64-61-58-55-52-49-46-44-41-34-32-29-26-23-20-17-14-11-8-5-2/h8,11,17,20,22,25-26,29,31,33-34,36-37,41,46,49,55,58,73H,4-7,9-10,12-16,18-19,21,23-24,27-28,30,32,35,38-40,42-45,47-48,50-54,56-57,59-72H2,1-3H3/b11-8-,20-17-,25-22-,29-26-,33-31-,37-36-,41-34-,49-46-,58-55-. The van der Waals surface area contributed by atoms with E-state index < -0.39 is 6.10 Å². The molecule has 1 unspecified atom stereocenters. The van der Waals surface area contributed by atoms with Crippen LogP contribution < -0.4 is 0 Å². The maximum atomic E-state index is 12.9. The van der Waals surface area contributed by atoms with E-state index in [0.29, 0.717) is 19.3 Å². The average molecular weight is 1140 g/mol. The molecule has 82 heavy (non-hydrogen) atoms. The van der Waals surface area contributed by atoms with Crippen LogP contribution in [0.25, 0.3) is 0 Å². The van der Waals surface area contributed by atoms with Gasteiger partial charge in [0.1, 0.15) is 13.2 Å². The molecule has 0 heterocycles. The summed E-state index contributed by atoms with van der Waals surface area (Å²) in [4.78, 5) is 38.4. The summed E-state index contributed by atoms with van der Waals surface area (Å²) in [5, 5.41) is 0. The van der Waals surface area contributed by atoms with E-state index in [4.69, 9.17) is 14.2 Å². The lowest BCUT2D eigenvalue weighted by molar-refractivity contribution is -0.167. The van der Waals surface area contributed by atoms with E-state index in [9.17, 15) is 14.4 Å². The van der Waals surface area contributed by atoms with Crippen LogP contribution in [0.3, 0.4) is 0 Å². The molecule has 0 saturated carbocycles. The minimum absolute atomic E-state index is 0.0941. The smallest absolute Gasteiger partial charge is 0.306 e. The summed E-state index contributed by atoms with van der Waals surface area (Å²) < 4.78 is 16.9. The van der Waals surface area contributed by atoms with Gasteiger partial charge in [0, 0.05) is 19.3 Å². The van der Waals surface area contributed by atoms with Crippen molar-refractivity contribution in [3.63, 3.8) is 0 Å². The molecule has 0 aliphatic rings.